The molecule has 0 aliphatic carbocycles. The largest absolute Gasteiger partial charge is 0.472 e. The van der Waals surface area contributed by atoms with E-state index in [4.69, 9.17) is 37.0 Å². The number of rotatable bonds is 66. The molecule has 0 radical (unpaired) electrons. The highest BCUT2D eigenvalue weighted by Crippen LogP contribution is 2.45. The SMILES string of the molecule is CCCCCCCCCCCCCCCCCCCC(=O)O[C@H](COC(=O)CCCCCCCCCCC(C)C)COP(=O)(O)OC[C@@H](O)COP(=O)(O)OC[C@@H](COC(=O)CCCCCCCCC(C)C)OC(=O)CCCCCCCCCC(C)C. The first kappa shape index (κ1) is 85.1. The molecule has 0 aliphatic heterocycles. The summed E-state index contributed by atoms with van der Waals surface area (Å²) < 4.78 is 68.1. The van der Waals surface area contributed by atoms with E-state index in [9.17, 15) is 43.2 Å². The van der Waals surface area contributed by atoms with Crippen LogP contribution in [-0.2, 0) is 65.4 Å². The normalized spacial score (nSPS) is 14.3. The van der Waals surface area contributed by atoms with Gasteiger partial charge < -0.3 is 33.8 Å². The van der Waals surface area contributed by atoms with Gasteiger partial charge in [0.1, 0.15) is 19.3 Å². The Morgan fingerprint density at radius 1 is 0.310 bits per heavy atom. The molecule has 0 aromatic carbocycles. The molecule has 0 amide bonds. The van der Waals surface area contributed by atoms with Gasteiger partial charge in [-0.05, 0) is 43.4 Å². The smallest absolute Gasteiger partial charge is 0.462 e. The molecule has 0 aliphatic rings. The molecule has 0 saturated carbocycles. The second kappa shape index (κ2) is 59.1. The van der Waals surface area contributed by atoms with E-state index in [1.54, 1.807) is 0 Å². The van der Waals surface area contributed by atoms with Crippen LogP contribution in [0, 0.1) is 17.8 Å². The molecule has 5 atom stereocenters. The summed E-state index contributed by atoms with van der Waals surface area (Å²) in [6.45, 7) is 11.6. The Morgan fingerprint density at radius 3 is 0.782 bits per heavy atom. The summed E-state index contributed by atoms with van der Waals surface area (Å²) in [5.74, 6) is -0.0325. The first-order chi connectivity index (χ1) is 41.7. The molecule has 0 heterocycles. The van der Waals surface area contributed by atoms with E-state index in [2.05, 4.69) is 48.5 Å². The third-order valence-electron chi connectivity index (χ3n) is 15.6. The van der Waals surface area contributed by atoms with Gasteiger partial charge in [0.2, 0.25) is 0 Å². The first-order valence-electron chi connectivity index (χ1n) is 35.3. The highest BCUT2D eigenvalue weighted by atomic mass is 31.2. The monoisotopic (exact) mass is 1280 g/mol. The Hall–Kier alpha value is -1.94. The molecule has 0 aromatic heterocycles. The summed E-state index contributed by atoms with van der Waals surface area (Å²) in [4.78, 5) is 72.3. The van der Waals surface area contributed by atoms with Crippen molar-refractivity contribution >= 4 is 39.5 Å². The molecule has 87 heavy (non-hydrogen) atoms. The van der Waals surface area contributed by atoms with Crippen LogP contribution in [0.15, 0.2) is 0 Å². The zero-order chi connectivity index (χ0) is 64.5. The third-order valence-corrected chi connectivity index (χ3v) is 17.5. The van der Waals surface area contributed by atoms with Crippen LogP contribution in [0.3, 0.4) is 0 Å². The Kier molecular flexibility index (Phi) is 57.8. The second-order valence-corrected chi connectivity index (χ2v) is 28.9. The van der Waals surface area contributed by atoms with Crippen molar-refractivity contribution in [2.24, 2.45) is 17.8 Å². The minimum absolute atomic E-state index is 0.102. The number of carbonyl (C=O) groups excluding carboxylic acids is 4. The van der Waals surface area contributed by atoms with Gasteiger partial charge in [0.25, 0.3) is 0 Å². The zero-order valence-corrected chi connectivity index (χ0v) is 58.3. The lowest BCUT2D eigenvalue weighted by atomic mass is 10.0. The number of phosphoric ester groups is 2. The standard InChI is InChI=1S/C68H132O17P2/c1-8-9-10-11-12-13-14-15-16-17-18-19-20-21-28-37-44-51-67(72)84-63(55-78-65(70)49-42-35-27-23-22-25-32-39-46-59(2)3)57-82-86(74,75)80-53-62(69)54-81-87(76,77)83-58-64(56-79-66(71)50-43-36-31-30-34-41-48-61(6)7)85-68(73)52-45-38-29-24-26-33-40-47-60(4)5/h59-64,69H,8-58H2,1-7H3,(H,74,75)(H,76,77)/t62-,63-,64-/m1/s1. The van der Waals surface area contributed by atoms with Crippen LogP contribution in [0.5, 0.6) is 0 Å². The number of hydrogen-bond donors (Lipinski definition) is 3. The van der Waals surface area contributed by atoms with Crippen molar-refractivity contribution < 1.29 is 80.2 Å². The molecule has 0 rings (SSSR count). The molecule has 19 heteroatoms. The third kappa shape index (κ3) is 62.6. The van der Waals surface area contributed by atoms with Crippen LogP contribution in [0.4, 0.5) is 0 Å². The van der Waals surface area contributed by atoms with Crippen molar-refractivity contribution in [3.8, 4) is 0 Å². The number of hydrogen-bond acceptors (Lipinski definition) is 15. The van der Waals surface area contributed by atoms with Gasteiger partial charge in [-0.2, -0.15) is 0 Å². The van der Waals surface area contributed by atoms with Gasteiger partial charge >= 0.3 is 39.5 Å². The quantitative estimate of drug-likeness (QED) is 0.0222. The van der Waals surface area contributed by atoms with Gasteiger partial charge in [-0.25, -0.2) is 9.13 Å². The van der Waals surface area contributed by atoms with Gasteiger partial charge in [-0.3, -0.25) is 37.3 Å². The molecule has 0 spiro atoms. The number of aliphatic hydroxyl groups is 1. The molecule has 516 valence electrons. The van der Waals surface area contributed by atoms with E-state index in [0.717, 1.165) is 102 Å². The maximum atomic E-state index is 13.0. The molecule has 2 unspecified atom stereocenters. The lowest BCUT2D eigenvalue weighted by Gasteiger charge is -2.21. The number of unbranched alkanes of at least 4 members (excludes halogenated alkanes) is 34. The summed E-state index contributed by atoms with van der Waals surface area (Å²) in [5, 5.41) is 10.6. The molecular formula is C68H132O17P2. The van der Waals surface area contributed by atoms with Crippen molar-refractivity contribution in [1.29, 1.82) is 0 Å². The van der Waals surface area contributed by atoms with Gasteiger partial charge in [-0.1, -0.05) is 286 Å². The predicted molar refractivity (Wildman–Crippen MR) is 349 cm³/mol. The van der Waals surface area contributed by atoms with Crippen LogP contribution in [0.25, 0.3) is 0 Å². The van der Waals surface area contributed by atoms with E-state index in [1.807, 2.05) is 0 Å². The number of phosphoric acid groups is 2. The summed E-state index contributed by atoms with van der Waals surface area (Å²) in [6, 6.07) is 0. The summed E-state index contributed by atoms with van der Waals surface area (Å²) in [7, 11) is -9.89. The number of esters is 4. The Labute approximate surface area is 530 Å². The lowest BCUT2D eigenvalue weighted by Crippen LogP contribution is -2.30. The number of ether oxygens (including phenoxy) is 4. The van der Waals surface area contributed by atoms with Crippen LogP contribution < -0.4 is 0 Å². The minimum atomic E-state index is -4.95. The molecule has 0 saturated heterocycles. The highest BCUT2D eigenvalue weighted by Gasteiger charge is 2.30. The lowest BCUT2D eigenvalue weighted by molar-refractivity contribution is -0.161. The summed E-state index contributed by atoms with van der Waals surface area (Å²) in [6.07, 6.45) is 42.0. The fourth-order valence-electron chi connectivity index (χ4n) is 10.2. The first-order valence-corrected chi connectivity index (χ1v) is 38.3. The Bertz CT molecular complexity index is 1720. The predicted octanol–water partition coefficient (Wildman–Crippen LogP) is 19.1. The maximum absolute atomic E-state index is 13.0. The minimum Gasteiger partial charge on any atom is -0.462 e. The average molecular weight is 1280 g/mol. The summed E-state index contributed by atoms with van der Waals surface area (Å²) >= 11 is 0. The van der Waals surface area contributed by atoms with E-state index in [1.165, 1.54) is 141 Å². The molecule has 3 N–H and O–H groups in total. The fourth-order valence-corrected chi connectivity index (χ4v) is 11.8. The van der Waals surface area contributed by atoms with Crippen LogP contribution in [0.1, 0.15) is 337 Å². The van der Waals surface area contributed by atoms with Gasteiger partial charge in [0.05, 0.1) is 26.4 Å². The maximum Gasteiger partial charge on any atom is 0.472 e. The van der Waals surface area contributed by atoms with Crippen molar-refractivity contribution in [3.63, 3.8) is 0 Å². The zero-order valence-electron chi connectivity index (χ0n) is 56.5. The van der Waals surface area contributed by atoms with E-state index >= 15 is 0 Å². The van der Waals surface area contributed by atoms with Gasteiger partial charge in [0.15, 0.2) is 12.2 Å². The molecule has 0 fully saturated rings. The fraction of sp³-hybridized carbons (Fsp3) is 0.941. The average Bonchev–Trinajstić information content (AvgIpc) is 3.54. The van der Waals surface area contributed by atoms with Crippen LogP contribution in [-0.4, -0.2) is 96.7 Å². The molecule has 0 bridgehead atoms. The van der Waals surface area contributed by atoms with E-state index in [-0.39, 0.29) is 25.7 Å². The van der Waals surface area contributed by atoms with Crippen molar-refractivity contribution in [3.05, 3.63) is 0 Å². The number of aliphatic hydroxyl groups excluding tert-OH is 1. The van der Waals surface area contributed by atoms with E-state index < -0.39 is 97.5 Å². The van der Waals surface area contributed by atoms with Crippen molar-refractivity contribution in [2.45, 2.75) is 356 Å². The van der Waals surface area contributed by atoms with Gasteiger partial charge in [-0.15, -0.1) is 0 Å². The molecule has 17 nitrogen and oxygen atoms in total. The van der Waals surface area contributed by atoms with Crippen LogP contribution in [0.2, 0.25) is 0 Å². The highest BCUT2D eigenvalue weighted by molar-refractivity contribution is 7.47. The van der Waals surface area contributed by atoms with E-state index in [0.29, 0.717) is 37.5 Å². The second-order valence-electron chi connectivity index (χ2n) is 26.0. The Morgan fingerprint density at radius 2 is 0.529 bits per heavy atom. The van der Waals surface area contributed by atoms with Gasteiger partial charge in [0, 0.05) is 25.7 Å². The van der Waals surface area contributed by atoms with Crippen molar-refractivity contribution in [1.82, 2.24) is 0 Å². The van der Waals surface area contributed by atoms with Crippen LogP contribution >= 0.6 is 15.6 Å². The summed E-state index contributed by atoms with van der Waals surface area (Å²) in [5.41, 5.74) is 0. The number of carbonyl (C=O) groups is 4. The Balaban J connectivity index is 5.22. The topological polar surface area (TPSA) is 237 Å². The molecule has 0 aromatic rings. The molecular weight excluding hydrogens is 1150 g/mol. The van der Waals surface area contributed by atoms with Crippen molar-refractivity contribution in [2.75, 3.05) is 39.6 Å².